The zero-order valence-electron chi connectivity index (χ0n) is 18.0. The fourth-order valence-corrected chi connectivity index (χ4v) is 8.27. The zero-order chi connectivity index (χ0) is 19.4. The van der Waals surface area contributed by atoms with Crippen molar-refractivity contribution in [2.24, 2.45) is 46.3 Å². The van der Waals surface area contributed by atoms with Crippen LogP contribution in [-0.2, 0) is 4.79 Å². The Morgan fingerprint density at radius 2 is 2.00 bits per heavy atom. The third-order valence-electron chi connectivity index (χ3n) is 9.86. The van der Waals surface area contributed by atoms with Crippen LogP contribution in [0.5, 0.6) is 0 Å². The van der Waals surface area contributed by atoms with Crippen LogP contribution in [0.3, 0.4) is 0 Å². The van der Waals surface area contributed by atoms with Crippen molar-refractivity contribution in [3.8, 4) is 0 Å². The predicted molar refractivity (Wildman–Crippen MR) is 110 cm³/mol. The van der Waals surface area contributed by atoms with Crippen LogP contribution in [0.4, 0.5) is 0 Å². The molecule has 4 rings (SSSR count). The molecule has 4 aliphatic carbocycles. The van der Waals surface area contributed by atoms with Gasteiger partial charge in [0.1, 0.15) is 0 Å². The minimum atomic E-state index is -0.634. The average Bonchev–Trinajstić information content (AvgIpc) is 2.97. The smallest absolute Gasteiger partial charge is 0.303 e. The maximum absolute atomic E-state index is 11.1. The lowest BCUT2D eigenvalue weighted by atomic mass is 9.48. The third-order valence-corrected chi connectivity index (χ3v) is 9.86. The molecule has 4 aliphatic rings. The normalized spacial score (nSPS) is 47.4. The van der Waals surface area contributed by atoms with Crippen LogP contribution in [0.2, 0.25) is 0 Å². The largest absolute Gasteiger partial charge is 0.481 e. The minimum absolute atomic E-state index is 0.334. The second-order valence-electron chi connectivity index (χ2n) is 11.2. The molecule has 8 atom stereocenters. The SMILES string of the molecule is C[C@@H]1CC[C@]2(C)C3=CC[C@@]4(C)C(CCC4[C@H](C)CCC(=O)O)C3CC[C@H]2C1. The number of hydrogen-bond donors (Lipinski definition) is 1. The fourth-order valence-electron chi connectivity index (χ4n) is 8.27. The Morgan fingerprint density at radius 1 is 1.22 bits per heavy atom. The van der Waals surface area contributed by atoms with E-state index in [9.17, 15) is 4.79 Å². The highest BCUT2D eigenvalue weighted by molar-refractivity contribution is 5.66. The van der Waals surface area contributed by atoms with E-state index in [0.717, 1.165) is 30.1 Å². The molecule has 0 amide bonds. The first-order chi connectivity index (χ1) is 12.8. The van der Waals surface area contributed by atoms with E-state index >= 15 is 0 Å². The highest BCUT2D eigenvalue weighted by Crippen LogP contribution is 2.66. The Balaban J connectivity index is 1.56. The lowest BCUT2D eigenvalue weighted by Crippen LogP contribution is -2.48. The van der Waals surface area contributed by atoms with Gasteiger partial charge in [0.05, 0.1) is 0 Å². The minimum Gasteiger partial charge on any atom is -0.481 e. The van der Waals surface area contributed by atoms with Crippen LogP contribution in [0.25, 0.3) is 0 Å². The first kappa shape index (κ1) is 19.5. The third kappa shape index (κ3) is 3.10. The van der Waals surface area contributed by atoms with Gasteiger partial charge in [0.15, 0.2) is 0 Å². The summed E-state index contributed by atoms with van der Waals surface area (Å²) < 4.78 is 0. The molecule has 3 unspecified atom stereocenters. The van der Waals surface area contributed by atoms with Gasteiger partial charge in [-0.25, -0.2) is 0 Å². The van der Waals surface area contributed by atoms with Crippen molar-refractivity contribution in [1.82, 2.24) is 0 Å². The molecule has 0 aromatic carbocycles. The number of carboxylic acid groups (broad SMARTS) is 1. The summed E-state index contributed by atoms with van der Waals surface area (Å²) in [6, 6.07) is 0. The van der Waals surface area contributed by atoms with Crippen LogP contribution < -0.4 is 0 Å². The standard InChI is InChI=1S/C25H40O2/c1-16-11-13-24(3)18(15-16)6-7-19-21-9-8-20(17(2)5-10-23(26)27)25(21,4)14-12-22(19)24/h12,16-21H,5-11,13-15H2,1-4H3,(H,26,27)/t16-,17-,18+,19?,20?,21?,24+,25-/m1/s1. The van der Waals surface area contributed by atoms with Gasteiger partial charge in [-0.3, -0.25) is 4.79 Å². The molecule has 0 aromatic rings. The lowest BCUT2D eigenvalue weighted by molar-refractivity contribution is -0.137. The number of allylic oxidation sites excluding steroid dienone is 2. The van der Waals surface area contributed by atoms with Crippen molar-refractivity contribution >= 4 is 5.97 Å². The zero-order valence-corrected chi connectivity index (χ0v) is 18.0. The van der Waals surface area contributed by atoms with Gasteiger partial charge in [-0.1, -0.05) is 39.3 Å². The van der Waals surface area contributed by atoms with Crippen molar-refractivity contribution in [1.29, 1.82) is 0 Å². The highest BCUT2D eigenvalue weighted by atomic mass is 16.4. The Bertz CT molecular complexity index is 622. The lowest BCUT2D eigenvalue weighted by Gasteiger charge is -2.57. The number of hydrogen-bond acceptors (Lipinski definition) is 1. The fraction of sp³-hybridized carbons (Fsp3) is 0.880. The number of carbonyl (C=O) groups is 1. The first-order valence-corrected chi connectivity index (χ1v) is 11.7. The Hall–Kier alpha value is -0.790. The highest BCUT2D eigenvalue weighted by Gasteiger charge is 2.57. The molecule has 27 heavy (non-hydrogen) atoms. The summed E-state index contributed by atoms with van der Waals surface area (Å²) >= 11 is 0. The Morgan fingerprint density at radius 3 is 2.74 bits per heavy atom. The molecule has 0 heterocycles. The molecule has 2 heteroatoms. The Labute approximate surface area is 166 Å². The van der Waals surface area contributed by atoms with E-state index in [2.05, 4.69) is 33.8 Å². The monoisotopic (exact) mass is 372 g/mol. The summed E-state index contributed by atoms with van der Waals surface area (Å²) in [5, 5.41) is 9.10. The maximum Gasteiger partial charge on any atom is 0.303 e. The van der Waals surface area contributed by atoms with Crippen molar-refractivity contribution in [3.63, 3.8) is 0 Å². The van der Waals surface area contributed by atoms with Gasteiger partial charge in [0.25, 0.3) is 0 Å². The van der Waals surface area contributed by atoms with E-state index in [1.807, 2.05) is 5.57 Å². The molecule has 0 saturated heterocycles. The van der Waals surface area contributed by atoms with Crippen LogP contribution in [0.1, 0.15) is 91.9 Å². The van der Waals surface area contributed by atoms with E-state index in [4.69, 9.17) is 5.11 Å². The molecule has 3 saturated carbocycles. The topological polar surface area (TPSA) is 37.3 Å². The summed E-state index contributed by atoms with van der Waals surface area (Å²) in [6.07, 6.45) is 14.9. The van der Waals surface area contributed by atoms with Crippen molar-refractivity contribution in [2.45, 2.75) is 91.9 Å². The summed E-state index contributed by atoms with van der Waals surface area (Å²) in [6.45, 7) is 9.93. The molecular formula is C25H40O2. The summed E-state index contributed by atoms with van der Waals surface area (Å²) in [5.74, 6) is 4.09. The van der Waals surface area contributed by atoms with Crippen LogP contribution in [0, 0.1) is 46.3 Å². The van der Waals surface area contributed by atoms with E-state index in [-0.39, 0.29) is 0 Å². The molecule has 0 radical (unpaired) electrons. The number of aliphatic carboxylic acids is 1. The molecule has 0 bridgehead atoms. The average molecular weight is 373 g/mol. The maximum atomic E-state index is 11.1. The summed E-state index contributed by atoms with van der Waals surface area (Å²) in [5.41, 5.74) is 2.73. The van der Waals surface area contributed by atoms with Crippen molar-refractivity contribution in [2.75, 3.05) is 0 Å². The number of rotatable bonds is 4. The van der Waals surface area contributed by atoms with Gasteiger partial charge in [0.2, 0.25) is 0 Å². The van der Waals surface area contributed by atoms with Gasteiger partial charge in [-0.15, -0.1) is 0 Å². The van der Waals surface area contributed by atoms with E-state index in [0.29, 0.717) is 29.1 Å². The second kappa shape index (κ2) is 6.92. The van der Waals surface area contributed by atoms with Crippen LogP contribution in [-0.4, -0.2) is 11.1 Å². The van der Waals surface area contributed by atoms with Gasteiger partial charge in [0, 0.05) is 6.42 Å². The van der Waals surface area contributed by atoms with Crippen LogP contribution in [0.15, 0.2) is 11.6 Å². The number of fused-ring (bicyclic) bond motifs is 5. The van der Waals surface area contributed by atoms with Gasteiger partial charge < -0.3 is 5.11 Å². The van der Waals surface area contributed by atoms with Crippen molar-refractivity contribution in [3.05, 3.63) is 11.6 Å². The number of carboxylic acids is 1. The van der Waals surface area contributed by atoms with E-state index in [1.165, 1.54) is 51.4 Å². The Kier molecular flexibility index (Phi) is 5.00. The molecule has 3 fully saturated rings. The predicted octanol–water partition coefficient (Wildman–Crippen LogP) is 6.70. The molecule has 0 aromatic heterocycles. The molecule has 0 aliphatic heterocycles. The van der Waals surface area contributed by atoms with Crippen molar-refractivity contribution < 1.29 is 9.90 Å². The van der Waals surface area contributed by atoms with E-state index < -0.39 is 5.97 Å². The molecule has 1 N–H and O–H groups in total. The van der Waals surface area contributed by atoms with Gasteiger partial charge >= 0.3 is 5.97 Å². The summed E-state index contributed by atoms with van der Waals surface area (Å²) in [7, 11) is 0. The quantitative estimate of drug-likeness (QED) is 0.557. The van der Waals surface area contributed by atoms with Crippen LogP contribution >= 0.6 is 0 Å². The molecule has 0 spiro atoms. The molecular weight excluding hydrogens is 332 g/mol. The second-order valence-corrected chi connectivity index (χ2v) is 11.2. The molecule has 2 nitrogen and oxygen atoms in total. The van der Waals surface area contributed by atoms with E-state index in [1.54, 1.807) is 0 Å². The van der Waals surface area contributed by atoms with Gasteiger partial charge in [-0.2, -0.15) is 0 Å². The molecule has 152 valence electrons. The first-order valence-electron chi connectivity index (χ1n) is 11.7. The van der Waals surface area contributed by atoms with Gasteiger partial charge in [-0.05, 0) is 104 Å². The summed E-state index contributed by atoms with van der Waals surface area (Å²) in [4.78, 5) is 11.1.